The largest absolute Gasteiger partial charge is 0.320 e. The standard InChI is InChI=1S/C16H13Cl2NS/c17-15-7-6-14(10-16(15)18)20-11-13-4-1-3-12(9-13)5-2-8-19/h1,3-4,6-7,9-10H,8,11,19H2. The minimum absolute atomic E-state index is 0.377. The first kappa shape index (κ1) is 15.3. The Labute approximate surface area is 133 Å². The molecular weight excluding hydrogens is 309 g/mol. The first-order chi connectivity index (χ1) is 9.69. The zero-order chi connectivity index (χ0) is 14.4. The molecule has 2 rings (SSSR count). The van der Waals surface area contributed by atoms with E-state index in [1.807, 2.05) is 30.3 Å². The van der Waals surface area contributed by atoms with Crippen molar-refractivity contribution in [2.45, 2.75) is 10.6 Å². The molecule has 0 unspecified atom stereocenters. The molecule has 0 aliphatic carbocycles. The number of halogens is 2. The van der Waals surface area contributed by atoms with E-state index in [1.54, 1.807) is 11.8 Å². The lowest BCUT2D eigenvalue weighted by Crippen LogP contribution is -1.93. The molecular formula is C16H13Cl2NS. The van der Waals surface area contributed by atoms with Crippen LogP contribution in [0.1, 0.15) is 11.1 Å². The van der Waals surface area contributed by atoms with Crippen molar-refractivity contribution in [3.63, 3.8) is 0 Å². The van der Waals surface area contributed by atoms with Crippen LogP contribution in [0.2, 0.25) is 10.0 Å². The molecule has 2 aromatic rings. The Morgan fingerprint density at radius 3 is 2.65 bits per heavy atom. The van der Waals surface area contributed by atoms with E-state index in [9.17, 15) is 0 Å². The molecule has 20 heavy (non-hydrogen) atoms. The van der Waals surface area contributed by atoms with E-state index in [4.69, 9.17) is 28.9 Å². The number of rotatable bonds is 3. The van der Waals surface area contributed by atoms with Gasteiger partial charge in [0.25, 0.3) is 0 Å². The molecule has 1 nitrogen and oxygen atoms in total. The van der Waals surface area contributed by atoms with Gasteiger partial charge in [0.05, 0.1) is 16.6 Å². The van der Waals surface area contributed by atoms with Crippen LogP contribution in [-0.2, 0) is 5.75 Å². The fourth-order valence-electron chi connectivity index (χ4n) is 1.63. The average Bonchev–Trinajstić information content (AvgIpc) is 2.47. The van der Waals surface area contributed by atoms with Crippen LogP contribution in [0.4, 0.5) is 0 Å². The van der Waals surface area contributed by atoms with Crippen molar-refractivity contribution in [1.82, 2.24) is 0 Å². The summed E-state index contributed by atoms with van der Waals surface area (Å²) in [5, 5.41) is 1.16. The van der Waals surface area contributed by atoms with Crippen LogP contribution in [-0.4, -0.2) is 6.54 Å². The van der Waals surface area contributed by atoms with Gasteiger partial charge < -0.3 is 5.73 Å². The Bertz CT molecular complexity index is 659. The lowest BCUT2D eigenvalue weighted by Gasteiger charge is -2.04. The maximum atomic E-state index is 6.00. The van der Waals surface area contributed by atoms with Gasteiger partial charge in [0.2, 0.25) is 0 Å². The third kappa shape index (κ3) is 4.47. The van der Waals surface area contributed by atoms with E-state index in [2.05, 4.69) is 24.0 Å². The van der Waals surface area contributed by atoms with Crippen LogP contribution in [0.25, 0.3) is 0 Å². The molecule has 2 aromatic carbocycles. The summed E-state index contributed by atoms with van der Waals surface area (Å²) in [6.07, 6.45) is 0. The summed E-state index contributed by atoms with van der Waals surface area (Å²) in [6.45, 7) is 0.377. The Morgan fingerprint density at radius 1 is 1.05 bits per heavy atom. The molecule has 0 aromatic heterocycles. The van der Waals surface area contributed by atoms with Crippen LogP contribution in [0.3, 0.4) is 0 Å². The summed E-state index contributed by atoms with van der Waals surface area (Å²) in [4.78, 5) is 1.10. The number of hydrogen-bond donors (Lipinski definition) is 1. The van der Waals surface area contributed by atoms with Gasteiger partial charge in [-0.3, -0.25) is 0 Å². The number of benzene rings is 2. The second-order valence-electron chi connectivity index (χ2n) is 4.07. The van der Waals surface area contributed by atoms with Gasteiger partial charge in [-0.05, 0) is 35.9 Å². The predicted molar refractivity (Wildman–Crippen MR) is 88.4 cm³/mol. The second kappa shape index (κ2) is 7.61. The van der Waals surface area contributed by atoms with E-state index < -0.39 is 0 Å². The van der Waals surface area contributed by atoms with E-state index in [1.165, 1.54) is 5.56 Å². The normalized spacial score (nSPS) is 9.95. The molecule has 0 amide bonds. The fourth-order valence-corrected chi connectivity index (χ4v) is 2.87. The third-order valence-corrected chi connectivity index (χ3v) is 4.36. The van der Waals surface area contributed by atoms with E-state index in [0.717, 1.165) is 16.2 Å². The first-order valence-electron chi connectivity index (χ1n) is 6.05. The molecule has 102 valence electrons. The molecule has 4 heteroatoms. The topological polar surface area (TPSA) is 26.0 Å². The zero-order valence-electron chi connectivity index (χ0n) is 10.7. The number of hydrogen-bond acceptors (Lipinski definition) is 2. The van der Waals surface area contributed by atoms with Gasteiger partial charge in [-0.1, -0.05) is 47.2 Å². The van der Waals surface area contributed by atoms with Gasteiger partial charge in [-0.2, -0.15) is 0 Å². The van der Waals surface area contributed by atoms with Crippen LogP contribution < -0.4 is 5.73 Å². The van der Waals surface area contributed by atoms with Gasteiger partial charge in [-0.25, -0.2) is 0 Å². The van der Waals surface area contributed by atoms with Crippen molar-refractivity contribution in [2.75, 3.05) is 6.54 Å². The maximum absolute atomic E-state index is 6.00. The van der Waals surface area contributed by atoms with Gasteiger partial charge in [0, 0.05) is 16.2 Å². The van der Waals surface area contributed by atoms with Crippen molar-refractivity contribution in [1.29, 1.82) is 0 Å². The highest BCUT2D eigenvalue weighted by atomic mass is 35.5. The summed E-state index contributed by atoms with van der Waals surface area (Å²) < 4.78 is 0. The van der Waals surface area contributed by atoms with Gasteiger partial charge in [0.15, 0.2) is 0 Å². The summed E-state index contributed by atoms with van der Waals surface area (Å²) in [5.74, 6) is 6.75. The van der Waals surface area contributed by atoms with Crippen molar-refractivity contribution >= 4 is 35.0 Å². The molecule has 0 radical (unpaired) electrons. The van der Waals surface area contributed by atoms with Gasteiger partial charge >= 0.3 is 0 Å². The number of thioether (sulfide) groups is 1. The molecule has 0 fully saturated rings. The molecule has 0 saturated carbocycles. The Hall–Kier alpha value is -1.11. The summed E-state index contributed by atoms with van der Waals surface area (Å²) in [7, 11) is 0. The quantitative estimate of drug-likeness (QED) is 0.660. The molecule has 0 spiro atoms. The van der Waals surface area contributed by atoms with Crippen molar-refractivity contribution in [3.8, 4) is 11.8 Å². The maximum Gasteiger partial charge on any atom is 0.0603 e. The highest BCUT2D eigenvalue weighted by Crippen LogP contribution is 2.29. The minimum Gasteiger partial charge on any atom is -0.320 e. The predicted octanol–water partition coefficient (Wildman–Crippen LogP) is 4.60. The molecule has 0 saturated heterocycles. The Morgan fingerprint density at radius 2 is 1.90 bits per heavy atom. The van der Waals surface area contributed by atoms with Crippen molar-refractivity contribution in [2.24, 2.45) is 5.73 Å². The van der Waals surface area contributed by atoms with Crippen molar-refractivity contribution in [3.05, 3.63) is 63.6 Å². The van der Waals surface area contributed by atoms with E-state index in [0.29, 0.717) is 16.6 Å². The zero-order valence-corrected chi connectivity index (χ0v) is 13.0. The monoisotopic (exact) mass is 321 g/mol. The average molecular weight is 322 g/mol. The molecule has 2 N–H and O–H groups in total. The third-order valence-electron chi connectivity index (χ3n) is 2.56. The molecule has 0 heterocycles. The highest BCUT2D eigenvalue weighted by molar-refractivity contribution is 7.98. The summed E-state index contributed by atoms with van der Waals surface area (Å²) in [6, 6.07) is 13.8. The minimum atomic E-state index is 0.377. The molecule has 0 atom stereocenters. The van der Waals surface area contributed by atoms with Gasteiger partial charge in [-0.15, -0.1) is 11.8 Å². The van der Waals surface area contributed by atoms with E-state index in [-0.39, 0.29) is 0 Å². The van der Waals surface area contributed by atoms with Gasteiger partial charge in [0.1, 0.15) is 0 Å². The SMILES string of the molecule is NCC#Cc1cccc(CSc2ccc(Cl)c(Cl)c2)c1. The van der Waals surface area contributed by atoms with Crippen LogP contribution in [0, 0.1) is 11.8 Å². The van der Waals surface area contributed by atoms with Crippen LogP contribution in [0.15, 0.2) is 47.4 Å². The lowest BCUT2D eigenvalue weighted by atomic mass is 10.1. The Kier molecular flexibility index (Phi) is 5.82. The highest BCUT2D eigenvalue weighted by Gasteiger charge is 2.01. The Balaban J connectivity index is 2.05. The van der Waals surface area contributed by atoms with Crippen LogP contribution in [0.5, 0.6) is 0 Å². The molecule has 0 aliphatic rings. The second-order valence-corrected chi connectivity index (χ2v) is 5.93. The summed E-state index contributed by atoms with van der Waals surface area (Å²) >= 11 is 13.6. The van der Waals surface area contributed by atoms with Crippen molar-refractivity contribution < 1.29 is 0 Å². The molecule has 0 bridgehead atoms. The van der Waals surface area contributed by atoms with Crippen LogP contribution >= 0.6 is 35.0 Å². The smallest absolute Gasteiger partial charge is 0.0603 e. The summed E-state index contributed by atoms with van der Waals surface area (Å²) in [5.41, 5.74) is 7.58. The van der Waals surface area contributed by atoms with E-state index >= 15 is 0 Å². The molecule has 0 aliphatic heterocycles. The fraction of sp³-hybridized carbons (Fsp3) is 0.125. The first-order valence-corrected chi connectivity index (χ1v) is 7.79. The number of nitrogens with two attached hydrogens (primary N) is 1. The lowest BCUT2D eigenvalue weighted by molar-refractivity contribution is 1.30.